The number of benzene rings is 3. The predicted molar refractivity (Wildman–Crippen MR) is 111 cm³/mol. The lowest BCUT2D eigenvalue weighted by Crippen LogP contribution is -2.17. The fourth-order valence-electron chi connectivity index (χ4n) is 3.74. The molecule has 4 nitrogen and oxygen atoms in total. The molecule has 0 aliphatic rings. The van der Waals surface area contributed by atoms with Crippen molar-refractivity contribution in [2.24, 2.45) is 0 Å². The van der Waals surface area contributed by atoms with Crippen LogP contribution in [0.1, 0.15) is 11.1 Å². The minimum atomic E-state index is -5.33. The van der Waals surface area contributed by atoms with Gasteiger partial charge in [-0.2, -0.15) is 26.3 Å². The zero-order valence-electron chi connectivity index (χ0n) is 16.9. The lowest BCUT2D eigenvalue weighted by atomic mass is 10.0. The maximum Gasteiger partial charge on any atom is 0.420 e. The van der Waals surface area contributed by atoms with Crippen LogP contribution in [-0.2, 0) is 12.4 Å². The van der Waals surface area contributed by atoms with Crippen molar-refractivity contribution < 1.29 is 35.5 Å². The second-order valence-corrected chi connectivity index (χ2v) is 7.35. The van der Waals surface area contributed by atoms with Crippen molar-refractivity contribution in [1.29, 1.82) is 0 Å². The summed E-state index contributed by atoms with van der Waals surface area (Å²) in [6.07, 6.45) is -9.14. The number of nitrogens with zero attached hydrogens (tertiary/aromatic N) is 2. The standard InChI is InChI=1S/C24H12F6N2O2/c25-23(26,27)17-7-3-8-18(20(17)24(28,29)30)34-22-16-12-14-6-2-1-5-13(14)11-15(16)21(31-32-22)19-9-4-10-33-19/h1-12H. The number of furan rings is 1. The summed E-state index contributed by atoms with van der Waals surface area (Å²) >= 11 is 0. The molecule has 172 valence electrons. The van der Waals surface area contributed by atoms with Gasteiger partial charge in [-0.05, 0) is 47.2 Å². The van der Waals surface area contributed by atoms with Crippen molar-refractivity contribution in [2.75, 3.05) is 0 Å². The Balaban J connectivity index is 1.75. The maximum absolute atomic E-state index is 13.7. The Kier molecular flexibility index (Phi) is 4.96. The largest absolute Gasteiger partial charge is 0.463 e. The molecule has 0 saturated carbocycles. The first kappa shape index (κ1) is 21.7. The van der Waals surface area contributed by atoms with E-state index in [1.807, 2.05) is 12.1 Å². The number of ether oxygens (including phenoxy) is 1. The van der Waals surface area contributed by atoms with Crippen molar-refractivity contribution >= 4 is 21.5 Å². The molecule has 0 amide bonds. The molecule has 10 heteroatoms. The molecule has 0 atom stereocenters. The molecule has 0 fully saturated rings. The van der Waals surface area contributed by atoms with Gasteiger partial charge in [-0.1, -0.05) is 30.3 Å². The first-order chi connectivity index (χ1) is 16.1. The molecule has 0 N–H and O–H groups in total. The lowest BCUT2D eigenvalue weighted by molar-refractivity contribution is -0.162. The van der Waals surface area contributed by atoms with E-state index < -0.39 is 29.2 Å². The van der Waals surface area contributed by atoms with Gasteiger partial charge in [0.15, 0.2) is 5.76 Å². The Morgan fingerprint density at radius 1 is 0.706 bits per heavy atom. The Bertz CT molecular complexity index is 1510. The van der Waals surface area contributed by atoms with Crippen LogP contribution in [0.3, 0.4) is 0 Å². The highest BCUT2D eigenvalue weighted by molar-refractivity contribution is 6.05. The Morgan fingerprint density at radius 3 is 2.03 bits per heavy atom. The second-order valence-electron chi connectivity index (χ2n) is 7.35. The van der Waals surface area contributed by atoms with Crippen LogP contribution in [-0.4, -0.2) is 10.2 Å². The molecular weight excluding hydrogens is 462 g/mol. The van der Waals surface area contributed by atoms with E-state index in [1.54, 1.807) is 36.4 Å². The van der Waals surface area contributed by atoms with Crippen LogP contribution in [0.25, 0.3) is 33.0 Å². The molecule has 0 aliphatic heterocycles. The molecule has 2 heterocycles. The molecule has 0 saturated heterocycles. The van der Waals surface area contributed by atoms with Gasteiger partial charge in [-0.15, -0.1) is 10.2 Å². The van der Waals surface area contributed by atoms with Crippen LogP contribution in [0.5, 0.6) is 11.6 Å². The Morgan fingerprint density at radius 2 is 1.41 bits per heavy atom. The molecule has 5 rings (SSSR count). The zero-order chi connectivity index (χ0) is 24.1. The van der Waals surface area contributed by atoms with Crippen LogP contribution in [0.2, 0.25) is 0 Å². The lowest BCUT2D eigenvalue weighted by Gasteiger charge is -2.19. The van der Waals surface area contributed by atoms with E-state index in [0.717, 1.165) is 22.9 Å². The normalized spacial score (nSPS) is 12.4. The van der Waals surface area contributed by atoms with Crippen molar-refractivity contribution in [2.45, 2.75) is 12.4 Å². The Hall–Kier alpha value is -4.08. The van der Waals surface area contributed by atoms with Crippen molar-refractivity contribution in [3.05, 3.63) is 84.1 Å². The minimum absolute atomic E-state index is 0.255. The Labute approximate surface area is 187 Å². The molecular formula is C24H12F6N2O2. The number of hydrogen-bond acceptors (Lipinski definition) is 4. The van der Waals surface area contributed by atoms with Gasteiger partial charge >= 0.3 is 12.4 Å². The number of alkyl halides is 6. The molecule has 0 aliphatic carbocycles. The average molecular weight is 474 g/mol. The van der Waals surface area contributed by atoms with Gasteiger partial charge in [0, 0.05) is 10.8 Å². The summed E-state index contributed by atoms with van der Waals surface area (Å²) in [5.41, 5.74) is -3.49. The first-order valence-electron chi connectivity index (χ1n) is 9.81. The van der Waals surface area contributed by atoms with Gasteiger partial charge < -0.3 is 9.15 Å². The zero-order valence-corrected chi connectivity index (χ0v) is 16.9. The molecule has 34 heavy (non-hydrogen) atoms. The SMILES string of the molecule is FC(F)(F)c1cccc(Oc2nnc(-c3ccco3)c3cc4ccccc4cc23)c1C(F)(F)F. The second kappa shape index (κ2) is 7.75. The summed E-state index contributed by atoms with van der Waals surface area (Å²) in [6.45, 7) is 0. The summed E-state index contributed by atoms with van der Waals surface area (Å²) in [7, 11) is 0. The third-order valence-corrected chi connectivity index (χ3v) is 5.19. The summed E-state index contributed by atoms with van der Waals surface area (Å²) < 4.78 is 91.9. The van der Waals surface area contributed by atoms with E-state index >= 15 is 0 Å². The molecule has 0 unspecified atom stereocenters. The monoisotopic (exact) mass is 474 g/mol. The van der Waals surface area contributed by atoms with Crippen LogP contribution in [0.4, 0.5) is 26.3 Å². The van der Waals surface area contributed by atoms with Gasteiger partial charge in [0.05, 0.1) is 11.8 Å². The van der Waals surface area contributed by atoms with Crippen LogP contribution >= 0.6 is 0 Å². The van der Waals surface area contributed by atoms with Gasteiger partial charge in [0.25, 0.3) is 0 Å². The van der Waals surface area contributed by atoms with Crippen molar-refractivity contribution in [3.63, 3.8) is 0 Å². The fourth-order valence-corrected chi connectivity index (χ4v) is 3.74. The summed E-state index contributed by atoms with van der Waals surface area (Å²) in [5, 5.41) is 10.2. The molecule has 3 aromatic carbocycles. The van der Waals surface area contributed by atoms with E-state index in [4.69, 9.17) is 9.15 Å². The highest BCUT2D eigenvalue weighted by Gasteiger charge is 2.45. The van der Waals surface area contributed by atoms with Gasteiger partial charge in [0.2, 0.25) is 5.88 Å². The van der Waals surface area contributed by atoms with Crippen molar-refractivity contribution in [1.82, 2.24) is 10.2 Å². The van der Waals surface area contributed by atoms with Crippen LogP contribution < -0.4 is 4.74 Å². The maximum atomic E-state index is 13.7. The van der Waals surface area contributed by atoms with Crippen LogP contribution in [0.15, 0.2) is 77.4 Å². The molecule has 0 bridgehead atoms. The van der Waals surface area contributed by atoms with E-state index in [9.17, 15) is 26.3 Å². The minimum Gasteiger partial charge on any atom is -0.463 e. The van der Waals surface area contributed by atoms with Crippen LogP contribution in [0, 0.1) is 0 Å². The topological polar surface area (TPSA) is 48.2 Å². The number of rotatable bonds is 3. The van der Waals surface area contributed by atoms with E-state index in [0.29, 0.717) is 22.9 Å². The average Bonchev–Trinajstić information content (AvgIpc) is 3.31. The smallest absolute Gasteiger partial charge is 0.420 e. The molecule has 0 spiro atoms. The van der Waals surface area contributed by atoms with Crippen molar-refractivity contribution in [3.8, 4) is 23.1 Å². The highest BCUT2D eigenvalue weighted by Crippen LogP contribution is 2.46. The van der Waals surface area contributed by atoms with E-state index in [1.165, 1.54) is 6.26 Å². The molecule has 5 aromatic rings. The number of halogens is 6. The third-order valence-electron chi connectivity index (χ3n) is 5.19. The van der Waals surface area contributed by atoms with Gasteiger partial charge in [-0.3, -0.25) is 0 Å². The number of fused-ring (bicyclic) bond motifs is 2. The van der Waals surface area contributed by atoms with E-state index in [2.05, 4.69) is 10.2 Å². The fraction of sp³-hybridized carbons (Fsp3) is 0.0833. The van der Waals surface area contributed by atoms with Gasteiger partial charge in [0.1, 0.15) is 17.0 Å². The summed E-state index contributed by atoms with van der Waals surface area (Å²) in [5.74, 6) is -1.05. The quantitative estimate of drug-likeness (QED) is 0.197. The summed E-state index contributed by atoms with van der Waals surface area (Å²) in [6, 6.07) is 15.8. The number of aromatic nitrogens is 2. The van der Waals surface area contributed by atoms with E-state index in [-0.39, 0.29) is 11.3 Å². The summed E-state index contributed by atoms with van der Waals surface area (Å²) in [4.78, 5) is 0. The predicted octanol–water partition coefficient (Wildman–Crippen LogP) is 7.87. The molecule has 0 radical (unpaired) electrons. The third kappa shape index (κ3) is 3.81. The van der Waals surface area contributed by atoms with Gasteiger partial charge in [-0.25, -0.2) is 0 Å². The first-order valence-corrected chi connectivity index (χ1v) is 9.81. The molecule has 2 aromatic heterocycles. The number of hydrogen-bond donors (Lipinski definition) is 0. The highest BCUT2D eigenvalue weighted by atomic mass is 19.4.